The van der Waals surface area contributed by atoms with Crippen molar-refractivity contribution in [1.82, 2.24) is 0 Å². The summed E-state index contributed by atoms with van der Waals surface area (Å²) in [4.78, 5) is 0. The Kier molecular flexibility index (Phi) is 4.95. The molecule has 2 nitrogen and oxygen atoms in total. The minimum Gasteiger partial charge on any atom is -0.304 e. The van der Waals surface area contributed by atoms with E-state index in [9.17, 15) is 0 Å². The number of rotatable bonds is 6. The lowest BCUT2D eigenvalue weighted by Crippen LogP contribution is -2.23. The molecule has 0 amide bonds. The maximum absolute atomic E-state index is 6.43. The van der Waals surface area contributed by atoms with E-state index in [1.165, 1.54) is 0 Å². The summed E-state index contributed by atoms with van der Waals surface area (Å²) in [5, 5.41) is 1.11. The van der Waals surface area contributed by atoms with Gasteiger partial charge in [0.05, 0.1) is 0 Å². The molecule has 3 heteroatoms. The first-order valence-corrected chi connectivity index (χ1v) is 9.56. The van der Waals surface area contributed by atoms with Crippen molar-refractivity contribution in [2.45, 2.75) is 6.92 Å². The van der Waals surface area contributed by atoms with Crippen LogP contribution in [0.2, 0.25) is 0 Å². The van der Waals surface area contributed by atoms with Gasteiger partial charge in [0.25, 0.3) is 0 Å². The molecule has 0 N–H and O–H groups in total. The molecule has 0 heterocycles. The summed E-state index contributed by atoms with van der Waals surface area (Å²) in [5.74, 6) is 1.67. The molecule has 3 aromatic rings. The molecule has 0 bridgehead atoms. The van der Waals surface area contributed by atoms with E-state index in [0.717, 1.165) is 23.0 Å². The zero-order valence-electron chi connectivity index (χ0n) is 13.1. The topological polar surface area (TPSA) is 18.5 Å². The third-order valence-corrected chi connectivity index (χ3v) is 6.49. The van der Waals surface area contributed by atoms with Gasteiger partial charge in [-0.15, -0.1) is 0 Å². The third-order valence-electron chi connectivity index (χ3n) is 3.56. The van der Waals surface area contributed by atoms with Crippen LogP contribution in [0.5, 0.6) is 11.5 Å². The molecule has 0 fully saturated rings. The molecule has 0 unspecified atom stereocenters. The van der Waals surface area contributed by atoms with E-state index in [2.05, 4.69) is 19.1 Å². The standard InChI is InChI=1S/C20H20O2P/c1-2-23(20-16-10-5-11-17-20,21-18-12-6-3-7-13-18)22-19-14-8-4-9-15-19/h3-17H,2H2,1H3/q+1. The van der Waals surface area contributed by atoms with Crippen LogP contribution in [0.25, 0.3) is 0 Å². The van der Waals surface area contributed by atoms with Crippen molar-refractivity contribution in [2.75, 3.05) is 6.16 Å². The zero-order chi connectivity index (χ0) is 16.0. The fourth-order valence-corrected chi connectivity index (χ4v) is 4.82. The van der Waals surface area contributed by atoms with Crippen molar-refractivity contribution in [3.8, 4) is 11.5 Å². The summed E-state index contributed by atoms with van der Waals surface area (Å²) in [6, 6.07) is 30.0. The summed E-state index contributed by atoms with van der Waals surface area (Å²) < 4.78 is 12.9. The second kappa shape index (κ2) is 7.30. The highest BCUT2D eigenvalue weighted by molar-refractivity contribution is 7.74. The lowest BCUT2D eigenvalue weighted by atomic mass is 10.3. The van der Waals surface area contributed by atoms with E-state index in [1.807, 2.05) is 78.9 Å². The fourth-order valence-electron chi connectivity index (χ4n) is 2.39. The molecule has 116 valence electrons. The van der Waals surface area contributed by atoms with Crippen LogP contribution in [0.3, 0.4) is 0 Å². The van der Waals surface area contributed by atoms with E-state index in [0.29, 0.717) is 0 Å². The number of benzene rings is 3. The van der Waals surface area contributed by atoms with Crippen molar-refractivity contribution in [3.63, 3.8) is 0 Å². The second-order valence-electron chi connectivity index (χ2n) is 5.13. The lowest BCUT2D eigenvalue weighted by molar-refractivity contribution is 0.475. The molecular formula is C20H20O2P+. The van der Waals surface area contributed by atoms with E-state index >= 15 is 0 Å². The monoisotopic (exact) mass is 323 g/mol. The quantitative estimate of drug-likeness (QED) is 0.570. The van der Waals surface area contributed by atoms with Crippen LogP contribution in [0.15, 0.2) is 91.0 Å². The third kappa shape index (κ3) is 3.72. The molecule has 0 aromatic heterocycles. The molecule has 0 atom stereocenters. The van der Waals surface area contributed by atoms with Crippen molar-refractivity contribution in [3.05, 3.63) is 91.0 Å². The average Bonchev–Trinajstić information content (AvgIpc) is 2.63. The van der Waals surface area contributed by atoms with Crippen LogP contribution in [0.4, 0.5) is 0 Å². The predicted molar refractivity (Wildman–Crippen MR) is 97.7 cm³/mol. The summed E-state index contributed by atoms with van der Waals surface area (Å²) in [5.41, 5.74) is 0. The lowest BCUT2D eigenvalue weighted by Gasteiger charge is -2.23. The average molecular weight is 323 g/mol. The number of hydrogen-bond donors (Lipinski definition) is 0. The van der Waals surface area contributed by atoms with Gasteiger partial charge in [0.2, 0.25) is 0 Å². The van der Waals surface area contributed by atoms with E-state index in [1.54, 1.807) is 0 Å². The van der Waals surface area contributed by atoms with Gasteiger partial charge in [-0.25, -0.2) is 0 Å². The van der Waals surface area contributed by atoms with Crippen molar-refractivity contribution < 1.29 is 9.05 Å². The molecule has 3 rings (SSSR count). The Morgan fingerprint density at radius 1 is 0.609 bits per heavy atom. The van der Waals surface area contributed by atoms with Crippen LogP contribution in [0.1, 0.15) is 6.92 Å². The molecule has 0 saturated heterocycles. The fraction of sp³-hybridized carbons (Fsp3) is 0.100. The molecule has 0 aliphatic rings. The molecular weight excluding hydrogens is 303 g/mol. The highest BCUT2D eigenvalue weighted by atomic mass is 31.2. The highest BCUT2D eigenvalue weighted by Crippen LogP contribution is 2.58. The summed E-state index contributed by atoms with van der Waals surface area (Å²) in [7, 11) is -2.27. The van der Waals surface area contributed by atoms with Gasteiger partial charge in [-0.1, -0.05) is 54.6 Å². The normalized spacial score (nSPS) is 11.0. The Morgan fingerprint density at radius 3 is 1.39 bits per heavy atom. The Hall–Kier alpha value is -2.31. The summed E-state index contributed by atoms with van der Waals surface area (Å²) in [6.45, 7) is 2.12. The minimum atomic E-state index is -2.27. The van der Waals surface area contributed by atoms with Crippen molar-refractivity contribution >= 4 is 13.0 Å². The molecule has 3 aromatic carbocycles. The van der Waals surface area contributed by atoms with Crippen LogP contribution in [-0.4, -0.2) is 6.16 Å². The maximum Gasteiger partial charge on any atom is 0.396 e. The number of para-hydroxylation sites is 2. The Bertz CT molecular complexity index is 673. The first-order chi connectivity index (χ1) is 11.3. The summed E-state index contributed by atoms with van der Waals surface area (Å²) in [6.07, 6.45) is 0.792. The van der Waals surface area contributed by atoms with Gasteiger partial charge in [0.1, 0.15) is 6.16 Å². The van der Waals surface area contributed by atoms with Crippen molar-refractivity contribution in [1.29, 1.82) is 0 Å². The smallest absolute Gasteiger partial charge is 0.304 e. The minimum absolute atomic E-state index is 0.792. The van der Waals surface area contributed by atoms with Gasteiger partial charge in [-0.3, -0.25) is 0 Å². The Balaban J connectivity index is 2.00. The molecule has 0 radical (unpaired) electrons. The van der Waals surface area contributed by atoms with Gasteiger partial charge < -0.3 is 9.05 Å². The van der Waals surface area contributed by atoms with Gasteiger partial charge in [-0.05, 0) is 43.3 Å². The zero-order valence-corrected chi connectivity index (χ0v) is 14.0. The second-order valence-corrected chi connectivity index (χ2v) is 7.99. The first-order valence-electron chi connectivity index (χ1n) is 7.75. The van der Waals surface area contributed by atoms with Gasteiger partial charge in [0.15, 0.2) is 16.8 Å². The van der Waals surface area contributed by atoms with Gasteiger partial charge >= 0.3 is 7.72 Å². The SMILES string of the molecule is CC[P+](Oc1ccccc1)(Oc1ccccc1)c1ccccc1. The highest BCUT2D eigenvalue weighted by Gasteiger charge is 2.46. The largest absolute Gasteiger partial charge is 0.396 e. The van der Waals surface area contributed by atoms with Crippen LogP contribution >= 0.6 is 7.72 Å². The maximum atomic E-state index is 6.43. The molecule has 0 aliphatic carbocycles. The molecule has 23 heavy (non-hydrogen) atoms. The Labute approximate surface area is 138 Å². The summed E-state index contributed by atoms with van der Waals surface area (Å²) >= 11 is 0. The van der Waals surface area contributed by atoms with Crippen LogP contribution < -0.4 is 14.4 Å². The van der Waals surface area contributed by atoms with Gasteiger partial charge in [-0.2, -0.15) is 0 Å². The Morgan fingerprint density at radius 2 is 1.00 bits per heavy atom. The van der Waals surface area contributed by atoms with Gasteiger partial charge in [0, 0.05) is 0 Å². The molecule has 0 spiro atoms. The van der Waals surface area contributed by atoms with E-state index in [-0.39, 0.29) is 0 Å². The van der Waals surface area contributed by atoms with E-state index in [4.69, 9.17) is 9.05 Å². The van der Waals surface area contributed by atoms with Crippen LogP contribution in [-0.2, 0) is 0 Å². The van der Waals surface area contributed by atoms with Crippen LogP contribution in [0, 0.1) is 0 Å². The predicted octanol–water partition coefficient (Wildman–Crippen LogP) is 5.34. The molecule has 0 saturated carbocycles. The number of hydrogen-bond acceptors (Lipinski definition) is 2. The van der Waals surface area contributed by atoms with Crippen molar-refractivity contribution in [2.24, 2.45) is 0 Å². The first kappa shape index (κ1) is 15.6. The molecule has 0 aliphatic heterocycles. The van der Waals surface area contributed by atoms with E-state index < -0.39 is 7.72 Å².